The summed E-state index contributed by atoms with van der Waals surface area (Å²) >= 11 is 0. The lowest BCUT2D eigenvalue weighted by Crippen LogP contribution is -2.36. The van der Waals surface area contributed by atoms with Crippen LogP contribution >= 0.6 is 0 Å². The molecule has 2 atom stereocenters. The number of nitrogens with zero attached hydrogens (tertiary/aromatic N) is 2. The lowest BCUT2D eigenvalue weighted by atomic mass is 9.95. The Morgan fingerprint density at radius 1 is 1.47 bits per heavy atom. The van der Waals surface area contributed by atoms with E-state index < -0.39 is 0 Å². The zero-order valence-electron chi connectivity index (χ0n) is 11.8. The average molecular weight is 261 g/mol. The van der Waals surface area contributed by atoms with Crippen molar-refractivity contribution in [3.05, 3.63) is 29.6 Å². The lowest BCUT2D eigenvalue weighted by molar-refractivity contribution is -0.135. The molecule has 0 saturated heterocycles. The standard InChI is InChI=1S/C15H23N3O/c1-11-5-3-7-13(17-11)10-18(2)15(19)14-8-4-6-12(14)9-16/h3,5,7,12,14H,4,6,8-10,16H2,1-2H3. The highest BCUT2D eigenvalue weighted by molar-refractivity contribution is 5.79. The van der Waals surface area contributed by atoms with Gasteiger partial charge < -0.3 is 10.6 Å². The van der Waals surface area contributed by atoms with E-state index in [-0.39, 0.29) is 11.8 Å². The number of rotatable bonds is 4. The van der Waals surface area contributed by atoms with E-state index in [2.05, 4.69) is 4.98 Å². The molecule has 1 aliphatic rings. The Bertz CT molecular complexity index is 447. The number of hydrogen-bond acceptors (Lipinski definition) is 3. The number of amides is 1. The van der Waals surface area contributed by atoms with Gasteiger partial charge in [0.15, 0.2) is 0 Å². The number of hydrogen-bond donors (Lipinski definition) is 1. The molecule has 0 spiro atoms. The third-order valence-corrected chi connectivity index (χ3v) is 4.00. The van der Waals surface area contributed by atoms with Crippen LogP contribution in [0.2, 0.25) is 0 Å². The van der Waals surface area contributed by atoms with Gasteiger partial charge in [-0.3, -0.25) is 9.78 Å². The van der Waals surface area contributed by atoms with Crippen molar-refractivity contribution in [3.63, 3.8) is 0 Å². The fourth-order valence-corrected chi connectivity index (χ4v) is 2.94. The molecule has 4 heteroatoms. The Kier molecular flexibility index (Phi) is 4.53. The zero-order chi connectivity index (χ0) is 13.8. The fraction of sp³-hybridized carbons (Fsp3) is 0.600. The summed E-state index contributed by atoms with van der Waals surface area (Å²) in [4.78, 5) is 18.7. The predicted molar refractivity (Wildman–Crippen MR) is 75.3 cm³/mol. The first kappa shape index (κ1) is 14.0. The normalized spacial score (nSPS) is 22.5. The number of pyridine rings is 1. The molecule has 104 valence electrons. The summed E-state index contributed by atoms with van der Waals surface area (Å²) in [6, 6.07) is 5.91. The Hall–Kier alpha value is -1.42. The van der Waals surface area contributed by atoms with Crippen LogP contribution in [0.25, 0.3) is 0 Å². The summed E-state index contributed by atoms with van der Waals surface area (Å²) in [5.41, 5.74) is 7.68. The minimum atomic E-state index is 0.111. The second-order valence-corrected chi connectivity index (χ2v) is 5.50. The highest BCUT2D eigenvalue weighted by atomic mass is 16.2. The van der Waals surface area contributed by atoms with E-state index in [1.54, 1.807) is 4.90 Å². The number of aryl methyl sites for hydroxylation is 1. The largest absolute Gasteiger partial charge is 0.340 e. The molecule has 1 aromatic heterocycles. The van der Waals surface area contributed by atoms with Crippen molar-refractivity contribution in [2.75, 3.05) is 13.6 Å². The van der Waals surface area contributed by atoms with Gasteiger partial charge in [0.05, 0.1) is 12.2 Å². The van der Waals surface area contributed by atoms with Crippen LogP contribution in [-0.2, 0) is 11.3 Å². The molecule has 2 N–H and O–H groups in total. The van der Waals surface area contributed by atoms with Gasteiger partial charge in [0, 0.05) is 18.7 Å². The fourth-order valence-electron chi connectivity index (χ4n) is 2.94. The Morgan fingerprint density at radius 3 is 2.95 bits per heavy atom. The molecule has 19 heavy (non-hydrogen) atoms. The maximum atomic E-state index is 12.4. The number of carbonyl (C=O) groups excluding carboxylic acids is 1. The van der Waals surface area contributed by atoms with Gasteiger partial charge in [-0.2, -0.15) is 0 Å². The van der Waals surface area contributed by atoms with Crippen LogP contribution in [0.3, 0.4) is 0 Å². The van der Waals surface area contributed by atoms with Gasteiger partial charge in [-0.05, 0) is 44.4 Å². The van der Waals surface area contributed by atoms with Crippen molar-refractivity contribution in [1.29, 1.82) is 0 Å². The molecule has 0 aromatic carbocycles. The van der Waals surface area contributed by atoms with Gasteiger partial charge in [-0.25, -0.2) is 0 Å². The first-order chi connectivity index (χ1) is 9.11. The Balaban J connectivity index is 1.99. The van der Waals surface area contributed by atoms with E-state index in [9.17, 15) is 4.79 Å². The monoisotopic (exact) mass is 261 g/mol. The molecule has 0 radical (unpaired) electrons. The van der Waals surface area contributed by atoms with Crippen LogP contribution in [0.4, 0.5) is 0 Å². The van der Waals surface area contributed by atoms with E-state index in [0.29, 0.717) is 19.0 Å². The van der Waals surface area contributed by atoms with Crippen molar-refractivity contribution in [2.45, 2.75) is 32.7 Å². The van der Waals surface area contributed by atoms with Crippen LogP contribution in [0.1, 0.15) is 30.7 Å². The summed E-state index contributed by atoms with van der Waals surface area (Å²) < 4.78 is 0. The number of carbonyl (C=O) groups is 1. The van der Waals surface area contributed by atoms with Crippen molar-refractivity contribution >= 4 is 5.91 Å². The minimum Gasteiger partial charge on any atom is -0.340 e. The van der Waals surface area contributed by atoms with Crippen molar-refractivity contribution in [2.24, 2.45) is 17.6 Å². The maximum Gasteiger partial charge on any atom is 0.226 e. The highest BCUT2D eigenvalue weighted by Gasteiger charge is 2.33. The third-order valence-electron chi connectivity index (χ3n) is 4.00. The van der Waals surface area contributed by atoms with Crippen LogP contribution in [0.15, 0.2) is 18.2 Å². The molecule has 0 aliphatic heterocycles. The summed E-state index contributed by atoms with van der Waals surface area (Å²) in [6.45, 7) is 3.16. The number of aromatic nitrogens is 1. The summed E-state index contributed by atoms with van der Waals surface area (Å²) in [5.74, 6) is 0.691. The highest BCUT2D eigenvalue weighted by Crippen LogP contribution is 2.32. The second-order valence-electron chi connectivity index (χ2n) is 5.50. The molecular weight excluding hydrogens is 238 g/mol. The van der Waals surface area contributed by atoms with E-state index in [1.165, 1.54) is 0 Å². The summed E-state index contributed by atoms with van der Waals surface area (Å²) in [6.07, 6.45) is 3.19. The maximum absolute atomic E-state index is 12.4. The molecule has 2 unspecified atom stereocenters. The van der Waals surface area contributed by atoms with Crippen LogP contribution < -0.4 is 5.73 Å². The molecule has 1 aliphatic carbocycles. The topological polar surface area (TPSA) is 59.2 Å². The molecule has 1 aromatic rings. The molecule has 1 saturated carbocycles. The summed E-state index contributed by atoms with van der Waals surface area (Å²) in [5, 5.41) is 0. The second kappa shape index (κ2) is 6.15. The summed E-state index contributed by atoms with van der Waals surface area (Å²) in [7, 11) is 1.86. The number of nitrogens with two attached hydrogens (primary N) is 1. The van der Waals surface area contributed by atoms with Crippen molar-refractivity contribution in [1.82, 2.24) is 9.88 Å². The Labute approximate surface area is 115 Å². The van der Waals surface area contributed by atoms with Crippen LogP contribution in [0, 0.1) is 18.8 Å². The van der Waals surface area contributed by atoms with Gasteiger partial charge in [0.25, 0.3) is 0 Å². The lowest BCUT2D eigenvalue weighted by Gasteiger charge is -2.24. The SMILES string of the molecule is Cc1cccc(CN(C)C(=O)C2CCCC2CN)n1. The van der Waals surface area contributed by atoms with Gasteiger partial charge in [0.1, 0.15) is 0 Å². The molecule has 1 heterocycles. The Morgan fingerprint density at radius 2 is 2.26 bits per heavy atom. The average Bonchev–Trinajstić information content (AvgIpc) is 2.86. The van der Waals surface area contributed by atoms with E-state index in [1.807, 2.05) is 32.2 Å². The smallest absolute Gasteiger partial charge is 0.226 e. The van der Waals surface area contributed by atoms with E-state index in [4.69, 9.17) is 5.73 Å². The van der Waals surface area contributed by atoms with Crippen molar-refractivity contribution in [3.8, 4) is 0 Å². The molecule has 0 bridgehead atoms. The van der Waals surface area contributed by atoms with Gasteiger partial charge in [-0.1, -0.05) is 12.5 Å². The van der Waals surface area contributed by atoms with E-state index >= 15 is 0 Å². The van der Waals surface area contributed by atoms with Gasteiger partial charge in [0.2, 0.25) is 5.91 Å². The molecule has 1 amide bonds. The van der Waals surface area contributed by atoms with E-state index in [0.717, 1.165) is 30.7 Å². The van der Waals surface area contributed by atoms with Crippen LogP contribution in [-0.4, -0.2) is 29.4 Å². The van der Waals surface area contributed by atoms with Gasteiger partial charge in [-0.15, -0.1) is 0 Å². The van der Waals surface area contributed by atoms with Crippen LogP contribution in [0.5, 0.6) is 0 Å². The molecular formula is C15H23N3O. The molecule has 2 rings (SSSR count). The minimum absolute atomic E-state index is 0.111. The molecule has 1 fully saturated rings. The quantitative estimate of drug-likeness (QED) is 0.898. The first-order valence-corrected chi connectivity index (χ1v) is 6.99. The van der Waals surface area contributed by atoms with Crippen molar-refractivity contribution < 1.29 is 4.79 Å². The van der Waals surface area contributed by atoms with Gasteiger partial charge >= 0.3 is 0 Å². The zero-order valence-corrected chi connectivity index (χ0v) is 11.8. The molecule has 4 nitrogen and oxygen atoms in total. The third kappa shape index (κ3) is 3.32. The predicted octanol–water partition coefficient (Wildman–Crippen LogP) is 1.72. The first-order valence-electron chi connectivity index (χ1n) is 6.99.